The fourth-order valence-electron chi connectivity index (χ4n) is 0.570. The minimum absolute atomic E-state index is 0.671. The van der Waals surface area contributed by atoms with Crippen LogP contribution in [-0.2, 0) is 9.57 Å². The number of allylic oxidation sites excluding steroid dienone is 1. The molecule has 1 rings (SSSR count). The third-order valence-electron chi connectivity index (χ3n) is 1.08. The van der Waals surface area contributed by atoms with Gasteiger partial charge in [0.05, 0.1) is 26.6 Å². The number of aliphatic imine (C=N–C) groups is 1. The Kier molecular flexibility index (Phi) is 2.28. The lowest BCUT2D eigenvalue weighted by molar-refractivity contribution is -0.0653. The van der Waals surface area contributed by atoms with Gasteiger partial charge in [0.25, 0.3) is 0 Å². The highest BCUT2D eigenvalue weighted by molar-refractivity contribution is 5.76. The quantitative estimate of drug-likeness (QED) is 0.563. The summed E-state index contributed by atoms with van der Waals surface area (Å²) in [6, 6.07) is 0. The van der Waals surface area contributed by atoms with E-state index >= 15 is 0 Å². The van der Waals surface area contributed by atoms with Crippen molar-refractivity contribution in [2.45, 2.75) is 0 Å². The molecule has 0 aromatic rings. The van der Waals surface area contributed by atoms with Gasteiger partial charge in [-0.15, -0.1) is 0 Å². The highest BCUT2D eigenvalue weighted by atomic mass is 16.7. The lowest BCUT2D eigenvalue weighted by Gasteiger charge is -2.17. The van der Waals surface area contributed by atoms with Crippen LogP contribution in [0.2, 0.25) is 0 Å². The summed E-state index contributed by atoms with van der Waals surface area (Å²) in [5, 5.41) is 1.46. The Labute approximate surface area is 59.7 Å². The van der Waals surface area contributed by atoms with Gasteiger partial charge in [-0.1, -0.05) is 0 Å². The first-order valence-electron chi connectivity index (χ1n) is 2.81. The van der Waals surface area contributed by atoms with E-state index in [2.05, 4.69) is 4.99 Å². The van der Waals surface area contributed by atoms with Crippen molar-refractivity contribution in [3.05, 3.63) is 18.6 Å². The molecule has 0 bridgehead atoms. The molecule has 4 nitrogen and oxygen atoms in total. The van der Waals surface area contributed by atoms with E-state index in [0.29, 0.717) is 5.76 Å². The van der Waals surface area contributed by atoms with Gasteiger partial charge in [0, 0.05) is 0 Å². The van der Waals surface area contributed by atoms with Crippen molar-refractivity contribution >= 4 is 6.21 Å². The van der Waals surface area contributed by atoms with Crippen molar-refractivity contribution in [1.82, 2.24) is 5.06 Å². The largest absolute Gasteiger partial charge is 0.494 e. The number of hydrogen-bond donors (Lipinski definition) is 0. The monoisotopic (exact) mass is 141 g/mol. The van der Waals surface area contributed by atoms with Crippen LogP contribution >= 0.6 is 0 Å². The second-order valence-electron chi connectivity index (χ2n) is 1.67. The van der Waals surface area contributed by atoms with Gasteiger partial charge in [-0.05, 0) is 0 Å². The van der Waals surface area contributed by atoms with Gasteiger partial charge in [0.15, 0.2) is 12.4 Å². The Morgan fingerprint density at radius 3 is 2.90 bits per heavy atom. The van der Waals surface area contributed by atoms with Crippen LogP contribution < -0.4 is 0 Å². The molecule has 1 aliphatic rings. The lowest BCUT2D eigenvalue weighted by atomic mass is 10.5. The van der Waals surface area contributed by atoms with E-state index in [4.69, 9.17) is 9.57 Å². The van der Waals surface area contributed by atoms with Crippen molar-refractivity contribution in [2.24, 2.45) is 4.99 Å². The molecule has 0 atom stereocenters. The average molecular weight is 141 g/mol. The fourth-order valence-corrected chi connectivity index (χ4v) is 0.570. The van der Waals surface area contributed by atoms with Crippen LogP contribution in [0.15, 0.2) is 17.0 Å². The van der Waals surface area contributed by atoms with E-state index in [0.717, 1.165) is 0 Å². The van der Waals surface area contributed by atoms with E-state index in [1.807, 2.05) is 0 Å². The normalized spacial score (nSPS) is 17.0. The molecule has 0 saturated carbocycles. The molecule has 10 heavy (non-hydrogen) atoms. The summed E-state index contributed by atoms with van der Waals surface area (Å²) in [6.45, 7) is 1.54. The van der Waals surface area contributed by atoms with E-state index in [1.165, 1.54) is 5.06 Å². The van der Waals surface area contributed by atoms with Gasteiger partial charge < -0.3 is 4.74 Å². The molecule has 1 aliphatic heterocycles. The van der Waals surface area contributed by atoms with E-state index in [9.17, 15) is 0 Å². The predicted octanol–water partition coefficient (Wildman–Crippen LogP) is 0.541. The molecular formula is C6H9N2O2. The SMILES string of the molecule is COC1=CN(OC)[CH]N=C1. The molecule has 0 N–H and O–H groups in total. The summed E-state index contributed by atoms with van der Waals surface area (Å²) in [5.74, 6) is 0.671. The van der Waals surface area contributed by atoms with E-state index in [1.54, 1.807) is 33.3 Å². The van der Waals surface area contributed by atoms with Crippen molar-refractivity contribution in [3.8, 4) is 0 Å². The molecule has 0 aromatic heterocycles. The van der Waals surface area contributed by atoms with Crippen molar-refractivity contribution in [3.63, 3.8) is 0 Å². The first-order valence-corrected chi connectivity index (χ1v) is 2.81. The van der Waals surface area contributed by atoms with Crippen LogP contribution in [0.3, 0.4) is 0 Å². The second-order valence-corrected chi connectivity index (χ2v) is 1.67. The van der Waals surface area contributed by atoms with Crippen LogP contribution in [0.5, 0.6) is 0 Å². The molecule has 0 saturated heterocycles. The summed E-state index contributed by atoms with van der Waals surface area (Å²) in [5.41, 5.74) is 0. The van der Waals surface area contributed by atoms with Gasteiger partial charge >= 0.3 is 0 Å². The molecule has 55 valence electrons. The maximum absolute atomic E-state index is 4.89. The molecule has 0 aliphatic carbocycles. The molecular weight excluding hydrogens is 132 g/mol. The predicted molar refractivity (Wildman–Crippen MR) is 36.7 cm³/mol. The first kappa shape index (κ1) is 7.08. The molecule has 4 heteroatoms. The molecule has 1 radical (unpaired) electrons. The molecule has 0 amide bonds. The average Bonchev–Trinajstić information content (AvgIpc) is 2.05. The smallest absolute Gasteiger partial charge is 0.188 e. The highest BCUT2D eigenvalue weighted by Gasteiger charge is 2.04. The zero-order valence-electron chi connectivity index (χ0n) is 5.94. The summed E-state index contributed by atoms with van der Waals surface area (Å²) < 4.78 is 4.89. The summed E-state index contributed by atoms with van der Waals surface area (Å²) in [6.07, 6.45) is 3.29. The van der Waals surface area contributed by atoms with Crippen molar-refractivity contribution in [2.75, 3.05) is 14.2 Å². The second kappa shape index (κ2) is 3.22. The maximum atomic E-state index is 4.89. The number of hydroxylamine groups is 2. The third-order valence-corrected chi connectivity index (χ3v) is 1.08. The van der Waals surface area contributed by atoms with Gasteiger partial charge in [-0.25, -0.2) is 5.06 Å². The molecule has 0 fully saturated rings. The molecule has 0 aromatic carbocycles. The molecule has 1 heterocycles. The number of nitrogens with zero attached hydrogens (tertiary/aromatic N) is 2. The van der Waals surface area contributed by atoms with Crippen LogP contribution in [0.4, 0.5) is 0 Å². The number of ether oxygens (including phenoxy) is 1. The lowest BCUT2D eigenvalue weighted by Crippen LogP contribution is -2.15. The summed E-state index contributed by atoms with van der Waals surface area (Å²) in [7, 11) is 3.14. The minimum Gasteiger partial charge on any atom is -0.494 e. The molecule has 0 unspecified atom stereocenters. The highest BCUT2D eigenvalue weighted by Crippen LogP contribution is 2.05. The number of rotatable bonds is 2. The Bertz CT molecular complexity index is 165. The van der Waals surface area contributed by atoms with E-state index < -0.39 is 0 Å². The minimum atomic E-state index is 0.671. The Morgan fingerprint density at radius 1 is 1.50 bits per heavy atom. The van der Waals surface area contributed by atoms with Crippen LogP contribution in [0, 0.1) is 6.67 Å². The zero-order chi connectivity index (χ0) is 7.40. The third kappa shape index (κ3) is 1.48. The van der Waals surface area contributed by atoms with Crippen LogP contribution in [0.1, 0.15) is 0 Å². The maximum Gasteiger partial charge on any atom is 0.188 e. The topological polar surface area (TPSA) is 34.1 Å². The van der Waals surface area contributed by atoms with Gasteiger partial charge in [-0.2, -0.15) is 0 Å². The van der Waals surface area contributed by atoms with Crippen molar-refractivity contribution in [1.29, 1.82) is 0 Å². The zero-order valence-corrected chi connectivity index (χ0v) is 5.94. The Hall–Kier alpha value is -1.03. The van der Waals surface area contributed by atoms with Gasteiger partial charge in [-0.3, -0.25) is 9.83 Å². The van der Waals surface area contributed by atoms with E-state index in [-0.39, 0.29) is 0 Å². The Morgan fingerprint density at radius 2 is 2.30 bits per heavy atom. The van der Waals surface area contributed by atoms with Crippen LogP contribution in [-0.4, -0.2) is 25.5 Å². The molecule has 0 spiro atoms. The first-order chi connectivity index (χ1) is 4.86. The summed E-state index contributed by atoms with van der Waals surface area (Å²) in [4.78, 5) is 8.67. The standard InChI is InChI=1S/C6H9N2O2/c1-9-6-3-7-5-8(4-6)10-2/h3-5H,1-2H3. The number of methoxy groups -OCH3 is 1. The van der Waals surface area contributed by atoms with Gasteiger partial charge in [0.2, 0.25) is 0 Å². The van der Waals surface area contributed by atoms with Gasteiger partial charge in [0.1, 0.15) is 0 Å². The Balaban J connectivity index is 2.56. The number of hydrogen-bond acceptors (Lipinski definition) is 4. The van der Waals surface area contributed by atoms with Crippen molar-refractivity contribution < 1.29 is 9.57 Å². The summed E-state index contributed by atoms with van der Waals surface area (Å²) >= 11 is 0. The fraction of sp³-hybridized carbons (Fsp3) is 0.333. The van der Waals surface area contributed by atoms with Crippen LogP contribution in [0.25, 0.3) is 0 Å².